The second-order valence-corrected chi connectivity index (χ2v) is 7.02. The van der Waals surface area contributed by atoms with Gasteiger partial charge in [-0.2, -0.15) is 13.2 Å². The van der Waals surface area contributed by atoms with Gasteiger partial charge in [0.1, 0.15) is 23.9 Å². The highest BCUT2D eigenvalue weighted by Crippen LogP contribution is 2.30. The molecule has 0 spiro atoms. The number of alkyl halides is 3. The van der Waals surface area contributed by atoms with Crippen molar-refractivity contribution in [2.75, 3.05) is 6.61 Å². The average Bonchev–Trinajstić information content (AvgIpc) is 2.74. The summed E-state index contributed by atoms with van der Waals surface area (Å²) in [6.07, 6.45) is -1.06. The molecule has 7 heteroatoms. The highest BCUT2D eigenvalue weighted by molar-refractivity contribution is 5.71. The van der Waals surface area contributed by atoms with E-state index in [4.69, 9.17) is 14.6 Å². The highest BCUT2D eigenvalue weighted by atomic mass is 19.4. The SMILES string of the molecule is Cc1c(CC(=O)O)cccc1Oc1cccc(OC/C=C/c2ccc(C(F)(F)F)cc2)c1. The molecule has 0 bridgehead atoms. The molecule has 0 aromatic heterocycles. The summed E-state index contributed by atoms with van der Waals surface area (Å²) in [5.41, 5.74) is 1.37. The minimum absolute atomic E-state index is 0.0859. The number of ether oxygens (including phenoxy) is 2. The van der Waals surface area contributed by atoms with Gasteiger partial charge in [-0.1, -0.05) is 36.4 Å². The Morgan fingerprint density at radius 2 is 1.69 bits per heavy atom. The van der Waals surface area contributed by atoms with E-state index in [1.165, 1.54) is 12.1 Å². The van der Waals surface area contributed by atoms with Crippen LogP contribution < -0.4 is 9.47 Å². The number of benzene rings is 3. The molecule has 0 atom stereocenters. The van der Waals surface area contributed by atoms with Crippen molar-refractivity contribution in [1.29, 1.82) is 0 Å². The maximum Gasteiger partial charge on any atom is 0.416 e. The lowest BCUT2D eigenvalue weighted by Crippen LogP contribution is -2.04. The zero-order valence-electron chi connectivity index (χ0n) is 17.2. The number of hydrogen-bond acceptors (Lipinski definition) is 3. The van der Waals surface area contributed by atoms with Gasteiger partial charge >= 0.3 is 12.1 Å². The van der Waals surface area contributed by atoms with Crippen molar-refractivity contribution in [3.8, 4) is 17.2 Å². The largest absolute Gasteiger partial charge is 0.489 e. The summed E-state index contributed by atoms with van der Waals surface area (Å²) in [6.45, 7) is 2.03. The molecule has 0 saturated heterocycles. The van der Waals surface area contributed by atoms with Crippen molar-refractivity contribution in [3.63, 3.8) is 0 Å². The van der Waals surface area contributed by atoms with Crippen LogP contribution in [0.25, 0.3) is 6.08 Å². The maximum atomic E-state index is 12.6. The van der Waals surface area contributed by atoms with Gasteiger partial charge in [0.25, 0.3) is 0 Å². The molecule has 3 rings (SSSR count). The van der Waals surface area contributed by atoms with E-state index in [1.807, 2.05) is 0 Å². The fourth-order valence-electron chi connectivity index (χ4n) is 2.99. The molecular formula is C25H21F3O4. The Morgan fingerprint density at radius 3 is 2.38 bits per heavy atom. The van der Waals surface area contributed by atoms with Gasteiger partial charge in [0.05, 0.1) is 12.0 Å². The van der Waals surface area contributed by atoms with Gasteiger partial charge in [-0.25, -0.2) is 0 Å². The predicted molar refractivity (Wildman–Crippen MR) is 115 cm³/mol. The first-order chi connectivity index (χ1) is 15.2. The second-order valence-electron chi connectivity index (χ2n) is 7.02. The third-order valence-electron chi connectivity index (χ3n) is 4.67. The molecule has 0 saturated carbocycles. The van der Waals surface area contributed by atoms with Crippen LogP contribution in [0, 0.1) is 6.92 Å². The fraction of sp³-hybridized carbons (Fsp3) is 0.160. The summed E-state index contributed by atoms with van der Waals surface area (Å²) < 4.78 is 49.4. The molecule has 0 aliphatic heterocycles. The molecule has 3 aromatic carbocycles. The molecular weight excluding hydrogens is 421 g/mol. The number of hydrogen-bond donors (Lipinski definition) is 1. The number of carboxylic acids is 1. The monoisotopic (exact) mass is 442 g/mol. The van der Waals surface area contributed by atoms with Crippen molar-refractivity contribution < 1.29 is 32.5 Å². The van der Waals surface area contributed by atoms with E-state index in [0.717, 1.165) is 17.7 Å². The Labute approximate surface area is 183 Å². The maximum absolute atomic E-state index is 12.6. The van der Waals surface area contributed by atoms with Gasteiger partial charge in [-0.3, -0.25) is 4.79 Å². The summed E-state index contributed by atoms with van der Waals surface area (Å²) in [4.78, 5) is 11.0. The summed E-state index contributed by atoms with van der Waals surface area (Å²) in [5, 5.41) is 9.02. The Morgan fingerprint density at radius 1 is 1.00 bits per heavy atom. The van der Waals surface area contributed by atoms with Crippen LogP contribution in [0.4, 0.5) is 13.2 Å². The summed E-state index contributed by atoms with van der Waals surface area (Å²) in [7, 11) is 0. The first-order valence-electron chi connectivity index (χ1n) is 9.77. The van der Waals surface area contributed by atoms with Crippen LogP contribution in [0.5, 0.6) is 17.2 Å². The molecule has 0 heterocycles. The van der Waals surface area contributed by atoms with Gasteiger partial charge in [0, 0.05) is 6.07 Å². The number of rotatable bonds is 8. The zero-order chi connectivity index (χ0) is 23.1. The standard InChI is InChI=1S/C25H21F3O4/c1-17-19(15-24(29)30)6-2-9-23(17)32-22-8-3-7-21(16-22)31-14-4-5-18-10-12-20(13-11-18)25(26,27)28/h2-13,16H,14-15H2,1H3,(H,29,30)/b5-4+. The second kappa shape index (κ2) is 10.0. The molecule has 0 aliphatic carbocycles. The first kappa shape index (κ1) is 22.9. The third-order valence-corrected chi connectivity index (χ3v) is 4.67. The molecule has 3 aromatic rings. The van der Waals surface area contributed by atoms with E-state index < -0.39 is 17.7 Å². The van der Waals surface area contributed by atoms with Crippen LogP contribution in [-0.4, -0.2) is 17.7 Å². The number of halogens is 3. The molecule has 1 N–H and O–H groups in total. The first-order valence-corrected chi connectivity index (χ1v) is 9.77. The van der Waals surface area contributed by atoms with Crippen LogP contribution >= 0.6 is 0 Å². The van der Waals surface area contributed by atoms with E-state index in [-0.39, 0.29) is 13.0 Å². The minimum Gasteiger partial charge on any atom is -0.489 e. The molecule has 0 aliphatic rings. The van der Waals surface area contributed by atoms with Crippen molar-refractivity contribution >= 4 is 12.0 Å². The third kappa shape index (κ3) is 6.38. The molecule has 166 valence electrons. The van der Waals surface area contributed by atoms with E-state index in [2.05, 4.69) is 0 Å². The normalized spacial score (nSPS) is 11.5. The van der Waals surface area contributed by atoms with Gasteiger partial charge in [-0.05, 0) is 60.0 Å². The van der Waals surface area contributed by atoms with Gasteiger partial charge in [-0.15, -0.1) is 0 Å². The Hall–Kier alpha value is -3.74. The molecule has 0 amide bonds. The number of carbonyl (C=O) groups is 1. The summed E-state index contributed by atoms with van der Waals surface area (Å²) in [5.74, 6) is 0.733. The highest BCUT2D eigenvalue weighted by Gasteiger charge is 2.29. The average molecular weight is 442 g/mol. The summed E-state index contributed by atoms with van der Waals surface area (Å²) >= 11 is 0. The quantitative estimate of drug-likeness (QED) is 0.431. The Bertz CT molecular complexity index is 1100. The van der Waals surface area contributed by atoms with E-state index >= 15 is 0 Å². The molecule has 0 radical (unpaired) electrons. The van der Waals surface area contributed by atoms with Crippen molar-refractivity contribution in [1.82, 2.24) is 0 Å². The van der Waals surface area contributed by atoms with Crippen molar-refractivity contribution in [3.05, 3.63) is 95.1 Å². The van der Waals surface area contributed by atoms with Crippen LogP contribution in [0.2, 0.25) is 0 Å². The Kier molecular flexibility index (Phi) is 7.20. The summed E-state index contributed by atoms with van der Waals surface area (Å²) in [6, 6.07) is 17.1. The lowest BCUT2D eigenvalue weighted by Gasteiger charge is -2.12. The Balaban J connectivity index is 1.60. The lowest BCUT2D eigenvalue weighted by molar-refractivity contribution is -0.138. The number of aliphatic carboxylic acids is 1. The smallest absolute Gasteiger partial charge is 0.416 e. The lowest BCUT2D eigenvalue weighted by atomic mass is 10.1. The van der Waals surface area contributed by atoms with Crippen LogP contribution in [0.15, 0.2) is 72.8 Å². The molecule has 0 unspecified atom stereocenters. The van der Waals surface area contributed by atoms with Crippen LogP contribution in [-0.2, 0) is 17.4 Å². The number of carboxylic acid groups (broad SMARTS) is 1. The zero-order valence-corrected chi connectivity index (χ0v) is 17.2. The van der Waals surface area contributed by atoms with E-state index in [9.17, 15) is 18.0 Å². The van der Waals surface area contributed by atoms with Crippen molar-refractivity contribution in [2.24, 2.45) is 0 Å². The minimum atomic E-state index is -4.35. The van der Waals surface area contributed by atoms with Crippen LogP contribution in [0.3, 0.4) is 0 Å². The topological polar surface area (TPSA) is 55.8 Å². The van der Waals surface area contributed by atoms with Gasteiger partial charge < -0.3 is 14.6 Å². The molecule has 0 fully saturated rings. The van der Waals surface area contributed by atoms with E-state index in [0.29, 0.717) is 28.4 Å². The van der Waals surface area contributed by atoms with Crippen molar-refractivity contribution in [2.45, 2.75) is 19.5 Å². The van der Waals surface area contributed by atoms with Crippen LogP contribution in [0.1, 0.15) is 22.3 Å². The van der Waals surface area contributed by atoms with E-state index in [1.54, 1.807) is 61.5 Å². The molecule has 4 nitrogen and oxygen atoms in total. The fourth-order valence-corrected chi connectivity index (χ4v) is 2.99. The van der Waals surface area contributed by atoms with Gasteiger partial charge in [0.15, 0.2) is 0 Å². The predicted octanol–water partition coefficient (Wildman–Crippen LogP) is 6.53. The van der Waals surface area contributed by atoms with Gasteiger partial charge in [0.2, 0.25) is 0 Å². The molecule has 32 heavy (non-hydrogen) atoms.